The van der Waals surface area contributed by atoms with Gasteiger partial charge in [0.1, 0.15) is 5.82 Å². The van der Waals surface area contributed by atoms with Gasteiger partial charge < -0.3 is 10.6 Å². The lowest BCUT2D eigenvalue weighted by atomic mass is 9.93. The van der Waals surface area contributed by atoms with Gasteiger partial charge in [0.05, 0.1) is 6.04 Å². The van der Waals surface area contributed by atoms with Gasteiger partial charge in [-0.1, -0.05) is 18.6 Å². The molecule has 6 heteroatoms. The molecule has 3 N–H and O–H groups in total. The van der Waals surface area contributed by atoms with Crippen LogP contribution in [0.2, 0.25) is 0 Å². The highest BCUT2D eigenvalue weighted by molar-refractivity contribution is 5.97. The van der Waals surface area contributed by atoms with E-state index in [9.17, 15) is 14.0 Å². The van der Waals surface area contributed by atoms with Gasteiger partial charge in [-0.2, -0.15) is 0 Å². The predicted molar refractivity (Wildman–Crippen MR) is 89.1 cm³/mol. The molecule has 0 aromatic heterocycles. The number of halogens is 1. The zero-order chi connectivity index (χ0) is 17.1. The van der Waals surface area contributed by atoms with Crippen LogP contribution >= 0.6 is 0 Å². The fourth-order valence-electron chi connectivity index (χ4n) is 3.33. The molecule has 0 aliphatic heterocycles. The summed E-state index contributed by atoms with van der Waals surface area (Å²) in [5, 5.41) is 8.46. The molecule has 1 aromatic carbocycles. The van der Waals surface area contributed by atoms with Crippen LogP contribution in [0.15, 0.2) is 24.3 Å². The van der Waals surface area contributed by atoms with E-state index in [1.54, 1.807) is 6.92 Å². The Morgan fingerprint density at radius 1 is 1.12 bits per heavy atom. The zero-order valence-corrected chi connectivity index (χ0v) is 13.8. The molecule has 0 unspecified atom stereocenters. The van der Waals surface area contributed by atoms with Crippen molar-refractivity contribution in [2.24, 2.45) is 0 Å². The minimum absolute atomic E-state index is 0.155. The van der Waals surface area contributed by atoms with Gasteiger partial charge in [-0.25, -0.2) is 9.18 Å². The second kappa shape index (κ2) is 7.30. The Bertz CT molecular complexity index is 601. The van der Waals surface area contributed by atoms with Crippen LogP contribution in [0.3, 0.4) is 0 Å². The van der Waals surface area contributed by atoms with Gasteiger partial charge in [0.2, 0.25) is 5.91 Å². The highest BCUT2D eigenvalue weighted by Gasteiger charge is 2.31. The first-order chi connectivity index (χ1) is 11.5. The molecule has 0 heterocycles. The van der Waals surface area contributed by atoms with E-state index >= 15 is 0 Å². The molecule has 2 aliphatic rings. The van der Waals surface area contributed by atoms with E-state index in [1.807, 2.05) is 12.1 Å². The molecule has 3 rings (SSSR count). The van der Waals surface area contributed by atoms with E-state index in [1.165, 1.54) is 12.1 Å². The molecule has 1 aromatic rings. The molecular formula is C18H24FN3O2. The summed E-state index contributed by atoms with van der Waals surface area (Å²) < 4.78 is 13.1. The topological polar surface area (TPSA) is 70.2 Å². The van der Waals surface area contributed by atoms with Crippen molar-refractivity contribution in [1.29, 1.82) is 0 Å². The number of hydrogen-bond donors (Lipinski definition) is 3. The summed E-state index contributed by atoms with van der Waals surface area (Å²) in [7, 11) is 0. The highest BCUT2D eigenvalue weighted by Crippen LogP contribution is 2.34. The van der Waals surface area contributed by atoms with Crippen molar-refractivity contribution in [3.05, 3.63) is 35.6 Å². The van der Waals surface area contributed by atoms with Gasteiger partial charge in [-0.3, -0.25) is 10.1 Å². The molecule has 0 spiro atoms. The van der Waals surface area contributed by atoms with Crippen LogP contribution in [0.4, 0.5) is 9.18 Å². The van der Waals surface area contributed by atoms with Crippen LogP contribution in [0.5, 0.6) is 0 Å². The highest BCUT2D eigenvalue weighted by atomic mass is 19.1. The van der Waals surface area contributed by atoms with E-state index < -0.39 is 12.1 Å². The summed E-state index contributed by atoms with van der Waals surface area (Å²) in [6.45, 7) is 1.76. The maximum atomic E-state index is 13.1. The summed E-state index contributed by atoms with van der Waals surface area (Å²) in [4.78, 5) is 23.8. The fraction of sp³-hybridized carbons (Fsp3) is 0.556. The van der Waals surface area contributed by atoms with E-state index in [0.29, 0.717) is 0 Å². The number of hydrogen-bond acceptors (Lipinski definition) is 3. The zero-order valence-electron chi connectivity index (χ0n) is 13.8. The van der Waals surface area contributed by atoms with Crippen molar-refractivity contribution < 1.29 is 14.0 Å². The van der Waals surface area contributed by atoms with Crippen LogP contribution in [0.1, 0.15) is 50.5 Å². The molecule has 0 bridgehead atoms. The molecule has 0 radical (unpaired) electrons. The van der Waals surface area contributed by atoms with Gasteiger partial charge in [0.15, 0.2) is 0 Å². The Labute approximate surface area is 141 Å². The van der Waals surface area contributed by atoms with Crippen molar-refractivity contribution >= 4 is 11.9 Å². The molecular weight excluding hydrogens is 309 g/mol. The lowest BCUT2D eigenvalue weighted by Crippen LogP contribution is -2.51. The summed E-state index contributed by atoms with van der Waals surface area (Å²) in [5.74, 6) is -0.297. The number of imide groups is 1. The molecule has 3 amide bonds. The SMILES string of the molecule is C[C@H](N[C@@H]1CCC[C@H]1c1ccc(F)cc1)C(=O)NC(=O)NC1CC1. The Hall–Kier alpha value is -1.95. The normalized spacial score (nSPS) is 24.4. The van der Waals surface area contributed by atoms with Gasteiger partial charge in [0, 0.05) is 12.1 Å². The second-order valence-electron chi connectivity index (χ2n) is 6.82. The summed E-state index contributed by atoms with van der Waals surface area (Å²) in [6, 6.07) is 6.08. The third kappa shape index (κ3) is 4.32. The van der Waals surface area contributed by atoms with E-state index in [4.69, 9.17) is 0 Å². The summed E-state index contributed by atoms with van der Waals surface area (Å²) >= 11 is 0. The van der Waals surface area contributed by atoms with Crippen LogP contribution in [0.25, 0.3) is 0 Å². The molecule has 130 valence electrons. The van der Waals surface area contributed by atoms with E-state index in [-0.39, 0.29) is 29.7 Å². The number of carbonyl (C=O) groups excluding carboxylic acids is 2. The Morgan fingerprint density at radius 2 is 1.83 bits per heavy atom. The first kappa shape index (κ1) is 16.9. The fourth-order valence-corrected chi connectivity index (χ4v) is 3.33. The molecule has 2 saturated carbocycles. The standard InChI is InChI=1S/C18H24FN3O2/c1-11(17(23)22-18(24)21-14-9-10-14)20-16-4-2-3-15(16)12-5-7-13(19)8-6-12/h5-8,11,14-16,20H,2-4,9-10H2,1H3,(H2,21,22,23,24)/t11-,15-,16+/m0/s1. The molecule has 3 atom stereocenters. The van der Waals surface area contributed by atoms with Crippen LogP contribution in [-0.2, 0) is 4.79 Å². The van der Waals surface area contributed by atoms with Crippen molar-refractivity contribution in [2.75, 3.05) is 0 Å². The quantitative estimate of drug-likeness (QED) is 0.775. The average molecular weight is 333 g/mol. The van der Waals surface area contributed by atoms with Crippen LogP contribution in [0, 0.1) is 5.82 Å². The smallest absolute Gasteiger partial charge is 0.321 e. The van der Waals surface area contributed by atoms with Gasteiger partial charge in [-0.15, -0.1) is 0 Å². The second-order valence-corrected chi connectivity index (χ2v) is 6.82. The molecule has 24 heavy (non-hydrogen) atoms. The average Bonchev–Trinajstić information content (AvgIpc) is 3.24. The first-order valence-corrected chi connectivity index (χ1v) is 8.66. The van der Waals surface area contributed by atoms with Gasteiger partial charge in [-0.05, 0) is 56.2 Å². The minimum atomic E-state index is -0.457. The van der Waals surface area contributed by atoms with Gasteiger partial charge >= 0.3 is 6.03 Å². The molecule has 2 fully saturated rings. The number of benzene rings is 1. The number of amides is 3. The maximum Gasteiger partial charge on any atom is 0.321 e. The summed E-state index contributed by atoms with van der Waals surface area (Å²) in [5.41, 5.74) is 1.09. The molecule has 2 aliphatic carbocycles. The van der Waals surface area contributed by atoms with Crippen molar-refractivity contribution in [2.45, 2.75) is 63.1 Å². The van der Waals surface area contributed by atoms with Gasteiger partial charge in [0.25, 0.3) is 0 Å². The summed E-state index contributed by atoms with van der Waals surface area (Å²) in [6.07, 6.45) is 5.01. The number of urea groups is 1. The Kier molecular flexibility index (Phi) is 5.14. The van der Waals surface area contributed by atoms with E-state index in [2.05, 4.69) is 16.0 Å². The predicted octanol–water partition coefficient (Wildman–Crippen LogP) is 2.43. The lowest BCUT2D eigenvalue weighted by Gasteiger charge is -2.25. The van der Waals surface area contributed by atoms with E-state index in [0.717, 1.165) is 37.7 Å². The monoisotopic (exact) mass is 333 g/mol. The largest absolute Gasteiger partial charge is 0.335 e. The molecule has 5 nitrogen and oxygen atoms in total. The first-order valence-electron chi connectivity index (χ1n) is 8.66. The third-order valence-electron chi connectivity index (χ3n) is 4.82. The minimum Gasteiger partial charge on any atom is -0.335 e. The Morgan fingerprint density at radius 3 is 2.50 bits per heavy atom. The number of rotatable bonds is 5. The van der Waals surface area contributed by atoms with Crippen LogP contribution < -0.4 is 16.0 Å². The Balaban J connectivity index is 1.54. The maximum absolute atomic E-state index is 13.1. The third-order valence-corrected chi connectivity index (χ3v) is 4.82. The molecule has 0 saturated heterocycles. The van der Waals surface area contributed by atoms with Crippen LogP contribution in [-0.4, -0.2) is 30.1 Å². The van der Waals surface area contributed by atoms with Crippen molar-refractivity contribution in [3.8, 4) is 0 Å². The lowest BCUT2D eigenvalue weighted by molar-refractivity contribution is -0.121. The number of nitrogens with one attached hydrogen (secondary N) is 3. The number of carbonyl (C=O) groups is 2. The van der Waals surface area contributed by atoms with Crippen molar-refractivity contribution in [1.82, 2.24) is 16.0 Å². The van der Waals surface area contributed by atoms with Crippen molar-refractivity contribution in [3.63, 3.8) is 0 Å².